The van der Waals surface area contributed by atoms with Gasteiger partial charge in [-0.2, -0.15) is 0 Å². The Hall–Kier alpha value is -2.54. The van der Waals surface area contributed by atoms with Crippen LogP contribution in [0.2, 0.25) is 10.0 Å². The lowest BCUT2D eigenvalue weighted by molar-refractivity contribution is 0.200. The van der Waals surface area contributed by atoms with Gasteiger partial charge >= 0.3 is 0 Å². The Morgan fingerprint density at radius 2 is 1.91 bits per heavy atom. The van der Waals surface area contributed by atoms with Gasteiger partial charge in [0.1, 0.15) is 11.9 Å². The van der Waals surface area contributed by atoms with Gasteiger partial charge < -0.3 is 20.7 Å². The van der Waals surface area contributed by atoms with Crippen LogP contribution in [0.25, 0.3) is 11.1 Å². The van der Waals surface area contributed by atoms with Gasteiger partial charge in [0.15, 0.2) is 11.6 Å². The number of halogens is 3. The van der Waals surface area contributed by atoms with Crippen molar-refractivity contribution in [3.8, 4) is 16.9 Å². The molecule has 5 rings (SSSR count). The molecule has 2 aliphatic heterocycles. The highest BCUT2D eigenvalue weighted by Gasteiger charge is 2.40. The van der Waals surface area contributed by atoms with Gasteiger partial charge in [-0.05, 0) is 81.4 Å². The Morgan fingerprint density at radius 3 is 2.68 bits per heavy atom. The van der Waals surface area contributed by atoms with Crippen molar-refractivity contribution in [1.82, 2.24) is 9.88 Å². The summed E-state index contributed by atoms with van der Waals surface area (Å²) < 4.78 is 20.1. The molecular weight excluding hydrogens is 474 g/mol. The SMILES string of the molecule is C[C@@H](Oc1cc(-c2ccc3c(c2)C2(CCN(C)CC2)CN3)cnc1N)c1c(Cl)ccc(F)c1Cl. The van der Waals surface area contributed by atoms with E-state index in [-0.39, 0.29) is 16.3 Å². The standard InChI is InChI=1S/C26H27Cl2FN4O/c1-15(23-19(27)4-5-20(29)24(23)28)34-22-12-17(13-31-25(22)30)16-3-6-21-18(11-16)26(14-32-21)7-9-33(2)10-8-26/h3-6,11-13,15,32H,7-10,14H2,1-2H3,(H2,30,31)/t15-/m1/s1. The van der Waals surface area contributed by atoms with Gasteiger partial charge in [0.2, 0.25) is 0 Å². The molecule has 0 bridgehead atoms. The normalized spacial score (nSPS) is 17.9. The fourth-order valence-electron chi connectivity index (χ4n) is 5.04. The largest absolute Gasteiger partial charge is 0.482 e. The molecule has 0 amide bonds. The predicted molar refractivity (Wildman–Crippen MR) is 136 cm³/mol. The number of rotatable bonds is 4. The van der Waals surface area contributed by atoms with Crippen LogP contribution in [-0.2, 0) is 5.41 Å². The number of ether oxygens (including phenoxy) is 1. The van der Waals surface area contributed by atoms with Crippen LogP contribution < -0.4 is 15.8 Å². The van der Waals surface area contributed by atoms with Crippen molar-refractivity contribution >= 4 is 34.7 Å². The third-order valence-electron chi connectivity index (χ3n) is 7.16. The van der Waals surface area contributed by atoms with Gasteiger partial charge in [-0.1, -0.05) is 29.3 Å². The third kappa shape index (κ3) is 4.08. The summed E-state index contributed by atoms with van der Waals surface area (Å²) in [6, 6.07) is 11.1. The summed E-state index contributed by atoms with van der Waals surface area (Å²) in [7, 11) is 2.18. The molecule has 1 spiro atoms. The Labute approximate surface area is 209 Å². The molecule has 1 aromatic heterocycles. The Morgan fingerprint density at radius 1 is 1.15 bits per heavy atom. The zero-order valence-electron chi connectivity index (χ0n) is 19.2. The van der Waals surface area contributed by atoms with Gasteiger partial charge in [-0.25, -0.2) is 9.37 Å². The number of hydrogen-bond acceptors (Lipinski definition) is 5. The van der Waals surface area contributed by atoms with Gasteiger partial charge in [0, 0.05) is 40.0 Å². The van der Waals surface area contributed by atoms with Gasteiger partial charge in [-0.3, -0.25) is 0 Å². The molecule has 1 fully saturated rings. The van der Waals surface area contributed by atoms with Crippen molar-refractivity contribution in [2.24, 2.45) is 0 Å². The average Bonchev–Trinajstić information content (AvgIpc) is 3.17. The van der Waals surface area contributed by atoms with Crippen molar-refractivity contribution < 1.29 is 9.13 Å². The molecule has 3 heterocycles. The first-order valence-electron chi connectivity index (χ1n) is 11.4. The second kappa shape index (κ2) is 8.91. The zero-order chi connectivity index (χ0) is 24.0. The lowest BCUT2D eigenvalue weighted by Crippen LogP contribution is -2.42. The molecule has 0 aliphatic carbocycles. The van der Waals surface area contributed by atoms with Crippen LogP contribution >= 0.6 is 23.2 Å². The van der Waals surface area contributed by atoms with E-state index in [1.807, 2.05) is 6.07 Å². The summed E-state index contributed by atoms with van der Waals surface area (Å²) in [5, 5.41) is 3.87. The molecule has 3 aromatic rings. The quantitative estimate of drug-likeness (QED) is 0.411. The summed E-state index contributed by atoms with van der Waals surface area (Å²) in [6.07, 6.45) is 3.39. The first kappa shape index (κ1) is 23.2. The molecule has 5 nitrogen and oxygen atoms in total. The van der Waals surface area contributed by atoms with E-state index in [9.17, 15) is 4.39 Å². The molecule has 1 saturated heterocycles. The van der Waals surface area contributed by atoms with E-state index in [2.05, 4.69) is 40.4 Å². The zero-order valence-corrected chi connectivity index (χ0v) is 20.7. The summed E-state index contributed by atoms with van der Waals surface area (Å²) in [5.41, 5.74) is 11.2. The number of nitrogens with one attached hydrogen (secondary N) is 1. The number of benzene rings is 2. The molecular formula is C26H27Cl2FN4O. The molecule has 1 atom stereocenters. The number of anilines is 2. The van der Waals surface area contributed by atoms with E-state index in [0.29, 0.717) is 16.3 Å². The number of likely N-dealkylation sites (tertiary alicyclic amines) is 1. The van der Waals surface area contributed by atoms with E-state index in [1.54, 1.807) is 13.1 Å². The number of aromatic nitrogens is 1. The minimum absolute atomic E-state index is 0.0581. The van der Waals surface area contributed by atoms with Crippen molar-refractivity contribution in [3.05, 3.63) is 69.6 Å². The van der Waals surface area contributed by atoms with Gasteiger partial charge in [-0.15, -0.1) is 0 Å². The fourth-order valence-corrected chi connectivity index (χ4v) is 5.72. The van der Waals surface area contributed by atoms with Crippen LogP contribution in [0.1, 0.15) is 37.0 Å². The summed E-state index contributed by atoms with van der Waals surface area (Å²) >= 11 is 12.4. The molecule has 2 aliphatic rings. The number of pyridine rings is 1. The second-order valence-corrected chi connectivity index (χ2v) is 10.1. The van der Waals surface area contributed by atoms with Crippen LogP contribution in [0.3, 0.4) is 0 Å². The van der Waals surface area contributed by atoms with Crippen molar-refractivity contribution in [3.63, 3.8) is 0 Å². The van der Waals surface area contributed by atoms with E-state index < -0.39 is 11.9 Å². The minimum Gasteiger partial charge on any atom is -0.482 e. The van der Waals surface area contributed by atoms with Crippen molar-refractivity contribution in [1.29, 1.82) is 0 Å². The van der Waals surface area contributed by atoms with Gasteiger partial charge in [0.25, 0.3) is 0 Å². The predicted octanol–water partition coefficient (Wildman–Crippen LogP) is 6.31. The second-order valence-electron chi connectivity index (χ2n) is 9.32. The van der Waals surface area contributed by atoms with Crippen molar-refractivity contribution in [2.45, 2.75) is 31.3 Å². The number of piperidine rings is 1. The highest BCUT2D eigenvalue weighted by Crippen LogP contribution is 2.45. The maximum absolute atomic E-state index is 14.0. The van der Waals surface area contributed by atoms with Crippen LogP contribution in [-0.4, -0.2) is 36.6 Å². The Bertz CT molecular complexity index is 1240. The molecule has 0 saturated carbocycles. The summed E-state index contributed by atoms with van der Waals surface area (Å²) in [4.78, 5) is 6.75. The maximum atomic E-state index is 14.0. The number of nitrogens with two attached hydrogens (primary N) is 1. The van der Waals surface area contributed by atoms with Crippen molar-refractivity contribution in [2.75, 3.05) is 37.7 Å². The maximum Gasteiger partial charge on any atom is 0.166 e. The molecule has 34 heavy (non-hydrogen) atoms. The number of hydrogen-bond donors (Lipinski definition) is 2. The number of fused-ring (bicyclic) bond motifs is 2. The lowest BCUT2D eigenvalue weighted by Gasteiger charge is -2.38. The lowest BCUT2D eigenvalue weighted by atomic mass is 9.74. The molecule has 8 heteroatoms. The fraction of sp³-hybridized carbons (Fsp3) is 0.346. The topological polar surface area (TPSA) is 63.4 Å². The Balaban J connectivity index is 1.46. The first-order chi connectivity index (χ1) is 16.3. The summed E-state index contributed by atoms with van der Waals surface area (Å²) in [5.74, 6) is 0.0915. The number of nitrogen functional groups attached to an aromatic ring is 1. The van der Waals surface area contributed by atoms with Crippen LogP contribution in [0.5, 0.6) is 5.75 Å². The van der Waals surface area contributed by atoms with Crippen LogP contribution in [0.4, 0.5) is 15.9 Å². The minimum atomic E-state index is -0.623. The smallest absolute Gasteiger partial charge is 0.166 e. The number of nitrogens with zero attached hydrogens (tertiary/aromatic N) is 2. The molecule has 2 aromatic carbocycles. The highest BCUT2D eigenvalue weighted by molar-refractivity contribution is 6.36. The van der Waals surface area contributed by atoms with Crippen LogP contribution in [0, 0.1) is 5.82 Å². The summed E-state index contributed by atoms with van der Waals surface area (Å²) in [6.45, 7) is 4.91. The van der Waals surface area contributed by atoms with E-state index in [1.165, 1.54) is 23.4 Å². The molecule has 0 unspecified atom stereocenters. The van der Waals surface area contributed by atoms with Gasteiger partial charge in [0.05, 0.1) is 5.02 Å². The molecule has 0 radical (unpaired) electrons. The van der Waals surface area contributed by atoms with E-state index >= 15 is 0 Å². The third-order valence-corrected chi connectivity index (χ3v) is 7.87. The van der Waals surface area contributed by atoms with E-state index in [0.717, 1.165) is 43.6 Å². The first-order valence-corrected chi connectivity index (χ1v) is 12.2. The van der Waals surface area contributed by atoms with E-state index in [4.69, 9.17) is 33.7 Å². The molecule has 178 valence electrons. The monoisotopic (exact) mass is 500 g/mol. The Kier molecular flexibility index (Phi) is 6.09. The highest BCUT2D eigenvalue weighted by atomic mass is 35.5. The average molecular weight is 501 g/mol. The van der Waals surface area contributed by atoms with Crippen LogP contribution in [0.15, 0.2) is 42.6 Å². The molecule has 3 N–H and O–H groups in total.